The highest BCUT2D eigenvalue weighted by Crippen LogP contribution is 2.22. The van der Waals surface area contributed by atoms with Gasteiger partial charge in [-0.1, -0.05) is 18.2 Å². The van der Waals surface area contributed by atoms with Crippen molar-refractivity contribution in [3.8, 4) is 11.4 Å². The van der Waals surface area contributed by atoms with Crippen molar-refractivity contribution in [2.75, 3.05) is 25.5 Å². The number of hydrogen-bond acceptors (Lipinski definition) is 6. The largest absolute Gasteiger partial charge is 0.497 e. The molecule has 1 N–H and O–H groups in total. The van der Waals surface area contributed by atoms with Crippen molar-refractivity contribution in [3.63, 3.8) is 0 Å². The number of methoxy groups -OCH3 is 1. The summed E-state index contributed by atoms with van der Waals surface area (Å²) in [7, 11) is 1.67. The lowest BCUT2D eigenvalue weighted by Crippen LogP contribution is -2.37. The van der Waals surface area contributed by atoms with Crippen molar-refractivity contribution < 1.29 is 9.53 Å². The molecule has 2 aromatic carbocycles. The van der Waals surface area contributed by atoms with Crippen molar-refractivity contribution >= 4 is 11.6 Å². The third kappa shape index (κ3) is 4.65. The van der Waals surface area contributed by atoms with Crippen molar-refractivity contribution in [2.24, 2.45) is 5.92 Å². The van der Waals surface area contributed by atoms with Crippen LogP contribution < -0.4 is 10.1 Å². The highest BCUT2D eigenvalue weighted by molar-refractivity contribution is 5.92. The van der Waals surface area contributed by atoms with Crippen molar-refractivity contribution in [3.05, 3.63) is 59.9 Å². The Morgan fingerprint density at radius 2 is 1.93 bits per heavy atom. The summed E-state index contributed by atoms with van der Waals surface area (Å²) in [5.41, 5.74) is 2.84. The van der Waals surface area contributed by atoms with E-state index in [4.69, 9.17) is 4.74 Å². The first-order chi connectivity index (χ1) is 14.6. The second-order valence-electron chi connectivity index (χ2n) is 7.58. The number of hydrogen-bond donors (Lipinski definition) is 1. The molecule has 156 valence electrons. The van der Waals surface area contributed by atoms with Gasteiger partial charge in [0.15, 0.2) is 5.82 Å². The topological polar surface area (TPSA) is 85.2 Å². The molecular formula is C22H26N6O2. The number of nitrogens with zero attached hydrogens (tertiary/aromatic N) is 5. The van der Waals surface area contributed by atoms with Gasteiger partial charge in [0.2, 0.25) is 5.91 Å². The van der Waals surface area contributed by atoms with Gasteiger partial charge in [-0.25, -0.2) is 0 Å². The molecule has 8 heteroatoms. The minimum Gasteiger partial charge on any atom is -0.497 e. The van der Waals surface area contributed by atoms with E-state index in [1.807, 2.05) is 43.3 Å². The van der Waals surface area contributed by atoms with Gasteiger partial charge in [-0.2, -0.15) is 4.68 Å². The number of carbonyl (C=O) groups excluding carboxylic acids is 1. The van der Waals surface area contributed by atoms with Gasteiger partial charge in [-0.15, -0.1) is 5.10 Å². The Kier molecular flexibility index (Phi) is 6.04. The van der Waals surface area contributed by atoms with E-state index in [9.17, 15) is 4.79 Å². The summed E-state index contributed by atoms with van der Waals surface area (Å²) in [5.74, 6) is 1.66. The molecule has 0 radical (unpaired) electrons. The Balaban J connectivity index is 1.31. The van der Waals surface area contributed by atoms with E-state index in [0.29, 0.717) is 5.82 Å². The first-order valence-electron chi connectivity index (χ1n) is 10.1. The van der Waals surface area contributed by atoms with Crippen LogP contribution in [0, 0.1) is 12.8 Å². The van der Waals surface area contributed by atoms with Crippen LogP contribution in [0.1, 0.15) is 24.2 Å². The first-order valence-corrected chi connectivity index (χ1v) is 10.1. The zero-order chi connectivity index (χ0) is 20.9. The van der Waals surface area contributed by atoms with E-state index in [0.717, 1.165) is 49.6 Å². The molecule has 0 saturated carbocycles. The third-order valence-corrected chi connectivity index (χ3v) is 5.51. The van der Waals surface area contributed by atoms with Crippen LogP contribution in [0.5, 0.6) is 5.75 Å². The Hall–Kier alpha value is -3.26. The van der Waals surface area contributed by atoms with Gasteiger partial charge < -0.3 is 10.1 Å². The Morgan fingerprint density at radius 3 is 2.60 bits per heavy atom. The first kappa shape index (κ1) is 20.0. The molecule has 1 aromatic heterocycles. The minimum atomic E-state index is 0.0237. The number of tetrazole rings is 1. The van der Waals surface area contributed by atoms with Crippen LogP contribution in [0.3, 0.4) is 0 Å². The zero-order valence-electron chi connectivity index (χ0n) is 17.3. The van der Waals surface area contributed by atoms with Gasteiger partial charge in [-0.3, -0.25) is 9.69 Å². The maximum atomic E-state index is 12.8. The van der Waals surface area contributed by atoms with E-state index in [-0.39, 0.29) is 11.8 Å². The Bertz CT molecular complexity index is 993. The maximum Gasteiger partial charge on any atom is 0.227 e. The number of rotatable bonds is 6. The van der Waals surface area contributed by atoms with Gasteiger partial charge in [0, 0.05) is 18.2 Å². The quantitative estimate of drug-likeness (QED) is 0.678. The molecule has 0 atom stereocenters. The molecule has 2 heterocycles. The predicted octanol–water partition coefficient (Wildman–Crippen LogP) is 2.83. The van der Waals surface area contributed by atoms with E-state index in [1.165, 1.54) is 5.56 Å². The summed E-state index contributed by atoms with van der Waals surface area (Å²) >= 11 is 0. The zero-order valence-corrected chi connectivity index (χ0v) is 17.3. The number of aromatic nitrogens is 4. The molecule has 1 fully saturated rings. The van der Waals surface area contributed by atoms with Gasteiger partial charge >= 0.3 is 0 Å². The van der Waals surface area contributed by atoms with Crippen LogP contribution in [-0.2, 0) is 11.3 Å². The van der Waals surface area contributed by atoms with Crippen LogP contribution in [0.2, 0.25) is 0 Å². The Morgan fingerprint density at radius 1 is 1.17 bits per heavy atom. The van der Waals surface area contributed by atoms with Gasteiger partial charge in [-0.05, 0) is 79.2 Å². The normalized spacial score (nSPS) is 15.1. The average molecular weight is 406 g/mol. The van der Waals surface area contributed by atoms with Crippen LogP contribution in [0.4, 0.5) is 5.69 Å². The fraction of sp³-hybridized carbons (Fsp3) is 0.364. The minimum absolute atomic E-state index is 0.0237. The molecule has 0 bridgehead atoms. The maximum absolute atomic E-state index is 12.8. The van der Waals surface area contributed by atoms with E-state index >= 15 is 0 Å². The molecule has 1 amide bonds. The second kappa shape index (κ2) is 9.04. The number of likely N-dealkylation sites (tertiary alicyclic amines) is 1. The standard InChI is InChI=1S/C22H26N6O2/c1-16-24-25-26-28(16)20-5-3-4-19(14-20)23-22(29)18-10-12-27(13-11-18)15-17-6-8-21(30-2)9-7-17/h3-9,14,18H,10-13,15H2,1-2H3,(H,23,29). The summed E-state index contributed by atoms with van der Waals surface area (Å²) < 4.78 is 6.86. The number of nitrogens with one attached hydrogen (secondary N) is 1. The van der Waals surface area contributed by atoms with Crippen molar-refractivity contribution in [2.45, 2.75) is 26.3 Å². The fourth-order valence-electron chi connectivity index (χ4n) is 3.77. The van der Waals surface area contributed by atoms with Crippen LogP contribution >= 0.6 is 0 Å². The molecule has 1 saturated heterocycles. The molecule has 30 heavy (non-hydrogen) atoms. The highest BCUT2D eigenvalue weighted by atomic mass is 16.5. The van der Waals surface area contributed by atoms with E-state index < -0.39 is 0 Å². The molecule has 0 spiro atoms. The molecule has 8 nitrogen and oxygen atoms in total. The van der Waals surface area contributed by atoms with Gasteiger partial charge in [0.1, 0.15) is 5.75 Å². The number of aryl methyl sites for hydroxylation is 1. The SMILES string of the molecule is COc1ccc(CN2CCC(C(=O)Nc3cccc(-n4nnnc4C)c3)CC2)cc1. The number of piperidine rings is 1. The number of ether oxygens (including phenoxy) is 1. The van der Waals surface area contributed by atoms with Crippen molar-refractivity contribution in [1.82, 2.24) is 25.1 Å². The molecular weight excluding hydrogens is 380 g/mol. The number of amides is 1. The molecule has 0 unspecified atom stereocenters. The summed E-state index contributed by atoms with van der Waals surface area (Å²) in [4.78, 5) is 15.2. The lowest BCUT2D eigenvalue weighted by atomic mass is 9.95. The number of anilines is 1. The average Bonchev–Trinajstić information content (AvgIpc) is 3.21. The van der Waals surface area contributed by atoms with Crippen LogP contribution in [0.25, 0.3) is 5.69 Å². The van der Waals surface area contributed by atoms with Crippen LogP contribution in [0.15, 0.2) is 48.5 Å². The van der Waals surface area contributed by atoms with Gasteiger partial charge in [0.25, 0.3) is 0 Å². The van der Waals surface area contributed by atoms with E-state index in [1.54, 1.807) is 11.8 Å². The summed E-state index contributed by atoms with van der Waals surface area (Å²) in [6.07, 6.45) is 1.71. The number of benzene rings is 2. The lowest BCUT2D eigenvalue weighted by molar-refractivity contribution is -0.121. The fourth-order valence-corrected chi connectivity index (χ4v) is 3.77. The van der Waals surface area contributed by atoms with Gasteiger partial charge in [0.05, 0.1) is 12.8 Å². The smallest absolute Gasteiger partial charge is 0.227 e. The molecule has 0 aliphatic carbocycles. The lowest BCUT2D eigenvalue weighted by Gasteiger charge is -2.31. The van der Waals surface area contributed by atoms with Crippen molar-refractivity contribution in [1.29, 1.82) is 0 Å². The molecule has 4 rings (SSSR count). The number of carbonyl (C=O) groups is 1. The molecule has 3 aromatic rings. The predicted molar refractivity (Wildman–Crippen MR) is 114 cm³/mol. The summed E-state index contributed by atoms with van der Waals surface area (Å²) in [6, 6.07) is 15.7. The molecule has 1 aliphatic heterocycles. The van der Waals surface area contributed by atoms with Crippen LogP contribution in [-0.4, -0.2) is 51.2 Å². The Labute approximate surface area is 175 Å². The second-order valence-corrected chi connectivity index (χ2v) is 7.58. The molecule has 1 aliphatic rings. The highest BCUT2D eigenvalue weighted by Gasteiger charge is 2.25. The third-order valence-electron chi connectivity index (χ3n) is 5.51. The summed E-state index contributed by atoms with van der Waals surface area (Å²) in [6.45, 7) is 4.55. The van der Waals surface area contributed by atoms with E-state index in [2.05, 4.69) is 37.9 Å². The summed E-state index contributed by atoms with van der Waals surface area (Å²) in [5, 5.41) is 14.6. The monoisotopic (exact) mass is 406 g/mol.